The second-order valence-corrected chi connectivity index (χ2v) is 4.56. The number of hydrogen-bond acceptors (Lipinski definition) is 4. The van der Waals surface area contributed by atoms with Crippen molar-refractivity contribution in [1.29, 1.82) is 0 Å². The van der Waals surface area contributed by atoms with Gasteiger partial charge in [0.25, 0.3) is 0 Å². The van der Waals surface area contributed by atoms with Crippen LogP contribution in [0.1, 0.15) is 12.8 Å². The molecule has 0 bridgehead atoms. The molecule has 1 fully saturated rings. The molecule has 1 amide bonds. The van der Waals surface area contributed by atoms with Gasteiger partial charge in [-0.3, -0.25) is 4.79 Å². The second kappa shape index (κ2) is 5.77. The van der Waals surface area contributed by atoms with E-state index in [0.29, 0.717) is 5.92 Å². The molecule has 1 aromatic heterocycles. The van der Waals surface area contributed by atoms with Crippen molar-refractivity contribution in [3.63, 3.8) is 0 Å². The monoisotopic (exact) mass is 237 g/mol. The smallest absolute Gasteiger partial charge is 0.244 e. The normalized spacial score (nSPS) is 17.0. The molecule has 0 spiro atoms. The maximum atomic E-state index is 11.9. The van der Waals surface area contributed by atoms with Gasteiger partial charge in [-0.2, -0.15) is 5.10 Å². The number of nitrogens with zero attached hydrogens (tertiary/aromatic N) is 4. The van der Waals surface area contributed by atoms with E-state index < -0.39 is 0 Å². The molecule has 6 heteroatoms. The summed E-state index contributed by atoms with van der Waals surface area (Å²) >= 11 is 0. The van der Waals surface area contributed by atoms with E-state index in [9.17, 15) is 4.79 Å². The number of nitrogens with one attached hydrogen (secondary N) is 1. The first-order valence-electron chi connectivity index (χ1n) is 6.03. The van der Waals surface area contributed by atoms with Gasteiger partial charge in [0.15, 0.2) is 0 Å². The van der Waals surface area contributed by atoms with Crippen molar-refractivity contribution in [2.75, 3.05) is 26.7 Å². The standard InChI is InChI=1S/C11H19N5O/c1-15(6-10-2-4-12-5-3-10)11(17)7-16-9-13-8-14-16/h8-10,12H,2-7H2,1H3. The zero-order valence-corrected chi connectivity index (χ0v) is 10.2. The Balaban J connectivity index is 1.78. The van der Waals surface area contributed by atoms with Gasteiger partial charge >= 0.3 is 0 Å². The second-order valence-electron chi connectivity index (χ2n) is 4.56. The molecule has 0 aliphatic carbocycles. The lowest BCUT2D eigenvalue weighted by Crippen LogP contribution is -2.38. The number of aromatic nitrogens is 3. The van der Waals surface area contributed by atoms with Crippen molar-refractivity contribution in [2.24, 2.45) is 5.92 Å². The van der Waals surface area contributed by atoms with E-state index in [1.54, 1.807) is 15.9 Å². The van der Waals surface area contributed by atoms with E-state index >= 15 is 0 Å². The molecule has 0 unspecified atom stereocenters. The van der Waals surface area contributed by atoms with Crippen molar-refractivity contribution < 1.29 is 4.79 Å². The molecule has 0 radical (unpaired) electrons. The van der Waals surface area contributed by atoms with Gasteiger partial charge < -0.3 is 10.2 Å². The van der Waals surface area contributed by atoms with E-state index in [0.717, 1.165) is 32.5 Å². The molecule has 94 valence electrons. The van der Waals surface area contributed by atoms with Gasteiger partial charge in [0, 0.05) is 13.6 Å². The molecular weight excluding hydrogens is 218 g/mol. The highest BCUT2D eigenvalue weighted by Crippen LogP contribution is 2.12. The minimum atomic E-state index is 0.0917. The third-order valence-corrected chi connectivity index (χ3v) is 3.18. The number of carbonyl (C=O) groups is 1. The number of amides is 1. The van der Waals surface area contributed by atoms with E-state index in [1.807, 2.05) is 7.05 Å². The van der Waals surface area contributed by atoms with Crippen molar-refractivity contribution >= 4 is 5.91 Å². The van der Waals surface area contributed by atoms with Crippen LogP contribution in [0.4, 0.5) is 0 Å². The Morgan fingerprint density at radius 3 is 2.94 bits per heavy atom. The number of likely N-dealkylation sites (N-methyl/N-ethyl adjacent to an activating group) is 1. The van der Waals surface area contributed by atoms with Crippen LogP contribution in [-0.2, 0) is 11.3 Å². The fraction of sp³-hybridized carbons (Fsp3) is 0.727. The zero-order valence-electron chi connectivity index (χ0n) is 10.2. The summed E-state index contributed by atoms with van der Waals surface area (Å²) in [7, 11) is 1.86. The summed E-state index contributed by atoms with van der Waals surface area (Å²) in [4.78, 5) is 17.5. The summed E-state index contributed by atoms with van der Waals surface area (Å²) in [6.07, 6.45) is 5.32. The summed E-state index contributed by atoms with van der Waals surface area (Å²) in [6, 6.07) is 0. The third-order valence-electron chi connectivity index (χ3n) is 3.18. The van der Waals surface area contributed by atoms with Crippen LogP contribution < -0.4 is 5.32 Å². The summed E-state index contributed by atoms with van der Waals surface area (Å²) < 4.78 is 1.56. The van der Waals surface area contributed by atoms with Crippen LogP contribution in [0.15, 0.2) is 12.7 Å². The van der Waals surface area contributed by atoms with Gasteiger partial charge in [0.05, 0.1) is 0 Å². The Hall–Kier alpha value is -1.43. The topological polar surface area (TPSA) is 63.1 Å². The summed E-state index contributed by atoms with van der Waals surface area (Å²) in [6.45, 7) is 3.25. The third kappa shape index (κ3) is 3.52. The quantitative estimate of drug-likeness (QED) is 0.783. The molecule has 1 saturated heterocycles. The van der Waals surface area contributed by atoms with Crippen molar-refractivity contribution in [3.05, 3.63) is 12.7 Å². The maximum Gasteiger partial charge on any atom is 0.244 e. The van der Waals surface area contributed by atoms with Crippen molar-refractivity contribution in [1.82, 2.24) is 25.0 Å². The lowest BCUT2D eigenvalue weighted by Gasteiger charge is -2.27. The van der Waals surface area contributed by atoms with E-state index in [4.69, 9.17) is 0 Å². The molecule has 1 aromatic rings. The average molecular weight is 237 g/mol. The van der Waals surface area contributed by atoms with E-state index in [2.05, 4.69) is 15.4 Å². The summed E-state index contributed by atoms with van der Waals surface area (Å²) in [5.41, 5.74) is 0. The highest BCUT2D eigenvalue weighted by Gasteiger charge is 2.18. The number of carbonyl (C=O) groups excluding carboxylic acids is 1. The maximum absolute atomic E-state index is 11.9. The van der Waals surface area contributed by atoms with Crippen LogP contribution in [0, 0.1) is 5.92 Å². The molecule has 0 atom stereocenters. The minimum Gasteiger partial charge on any atom is -0.344 e. The van der Waals surface area contributed by atoms with Gasteiger partial charge in [-0.25, -0.2) is 9.67 Å². The lowest BCUT2D eigenvalue weighted by atomic mass is 9.98. The Bertz CT molecular complexity index is 345. The molecule has 1 aliphatic rings. The number of hydrogen-bond donors (Lipinski definition) is 1. The Morgan fingerprint density at radius 2 is 2.29 bits per heavy atom. The Labute approximate surface area is 101 Å². The minimum absolute atomic E-state index is 0.0917. The molecule has 2 rings (SSSR count). The van der Waals surface area contributed by atoms with Crippen LogP contribution in [-0.4, -0.2) is 52.3 Å². The van der Waals surface area contributed by atoms with Crippen molar-refractivity contribution in [2.45, 2.75) is 19.4 Å². The molecule has 0 saturated carbocycles. The predicted molar refractivity (Wildman–Crippen MR) is 63.3 cm³/mol. The van der Waals surface area contributed by atoms with Crippen molar-refractivity contribution in [3.8, 4) is 0 Å². The van der Waals surface area contributed by atoms with Crippen LogP contribution in [0.2, 0.25) is 0 Å². The first-order chi connectivity index (χ1) is 8.25. The Kier molecular flexibility index (Phi) is 4.08. The average Bonchev–Trinajstić information content (AvgIpc) is 2.83. The summed E-state index contributed by atoms with van der Waals surface area (Å²) in [5, 5.41) is 7.26. The van der Waals surface area contributed by atoms with Gasteiger partial charge in [-0.15, -0.1) is 0 Å². The molecule has 1 N–H and O–H groups in total. The zero-order chi connectivity index (χ0) is 12.1. The van der Waals surface area contributed by atoms with Crippen LogP contribution in [0.5, 0.6) is 0 Å². The van der Waals surface area contributed by atoms with Crippen LogP contribution >= 0.6 is 0 Å². The molecular formula is C11H19N5O. The van der Waals surface area contributed by atoms with Crippen LogP contribution in [0.3, 0.4) is 0 Å². The molecule has 0 aromatic carbocycles. The SMILES string of the molecule is CN(CC1CCNCC1)C(=O)Cn1cncn1. The van der Waals surface area contributed by atoms with E-state index in [-0.39, 0.29) is 12.5 Å². The van der Waals surface area contributed by atoms with Gasteiger partial charge in [0.1, 0.15) is 19.2 Å². The predicted octanol–water partition coefficient (Wildman–Crippen LogP) is -0.264. The Morgan fingerprint density at radius 1 is 1.53 bits per heavy atom. The van der Waals surface area contributed by atoms with Crippen LogP contribution in [0.25, 0.3) is 0 Å². The highest BCUT2D eigenvalue weighted by atomic mass is 16.2. The fourth-order valence-corrected chi connectivity index (χ4v) is 2.13. The highest BCUT2D eigenvalue weighted by molar-refractivity contribution is 5.75. The van der Waals surface area contributed by atoms with Gasteiger partial charge in [0.2, 0.25) is 5.91 Å². The molecule has 2 heterocycles. The van der Waals surface area contributed by atoms with Gasteiger partial charge in [-0.05, 0) is 31.8 Å². The summed E-state index contributed by atoms with van der Waals surface area (Å²) in [5.74, 6) is 0.718. The van der Waals surface area contributed by atoms with Gasteiger partial charge in [-0.1, -0.05) is 0 Å². The number of piperidine rings is 1. The largest absolute Gasteiger partial charge is 0.344 e. The lowest BCUT2D eigenvalue weighted by molar-refractivity contribution is -0.131. The molecule has 17 heavy (non-hydrogen) atoms. The number of rotatable bonds is 4. The first kappa shape index (κ1) is 12.0. The van der Waals surface area contributed by atoms with E-state index in [1.165, 1.54) is 6.33 Å². The molecule has 6 nitrogen and oxygen atoms in total. The first-order valence-corrected chi connectivity index (χ1v) is 6.03. The fourth-order valence-electron chi connectivity index (χ4n) is 2.13. The molecule has 1 aliphatic heterocycles.